The van der Waals surface area contributed by atoms with Crippen LogP contribution < -0.4 is 5.32 Å². The van der Waals surface area contributed by atoms with Gasteiger partial charge in [-0.2, -0.15) is 0 Å². The average Bonchev–Trinajstić information content (AvgIpc) is 2.09. The van der Waals surface area contributed by atoms with Crippen molar-refractivity contribution in [2.45, 2.75) is 6.42 Å². The Kier molecular flexibility index (Phi) is 4.03. The summed E-state index contributed by atoms with van der Waals surface area (Å²) >= 11 is 9.12. The zero-order valence-corrected chi connectivity index (χ0v) is 9.61. The van der Waals surface area contributed by atoms with Crippen LogP contribution in [0, 0.1) is 0 Å². The zero-order valence-electron chi connectivity index (χ0n) is 7.27. The standard InChI is InChI=1S/C9H11BrClNO/c1-12-3-2-6-4-7(10)5-8(11)9(6)13/h4-5,12-13H,2-3H2,1H3. The second-order valence-electron chi connectivity index (χ2n) is 2.75. The first-order valence-corrected chi connectivity index (χ1v) is 5.13. The summed E-state index contributed by atoms with van der Waals surface area (Å²) in [4.78, 5) is 0. The number of phenolic OH excluding ortho intramolecular Hbond substituents is 1. The highest BCUT2D eigenvalue weighted by molar-refractivity contribution is 9.10. The van der Waals surface area contributed by atoms with E-state index < -0.39 is 0 Å². The molecule has 1 rings (SSSR count). The third-order valence-corrected chi connectivity index (χ3v) is 2.50. The van der Waals surface area contributed by atoms with Crippen molar-refractivity contribution in [3.05, 3.63) is 27.2 Å². The van der Waals surface area contributed by atoms with Crippen molar-refractivity contribution in [3.8, 4) is 5.75 Å². The summed E-state index contributed by atoms with van der Waals surface area (Å²) in [7, 11) is 1.87. The minimum Gasteiger partial charge on any atom is -0.506 e. The Morgan fingerprint density at radius 3 is 2.85 bits per heavy atom. The first kappa shape index (κ1) is 10.8. The summed E-state index contributed by atoms with van der Waals surface area (Å²) in [6.45, 7) is 0.820. The molecule has 2 nitrogen and oxygen atoms in total. The Morgan fingerprint density at radius 1 is 1.54 bits per heavy atom. The smallest absolute Gasteiger partial charge is 0.137 e. The lowest BCUT2D eigenvalue weighted by Crippen LogP contribution is -2.10. The monoisotopic (exact) mass is 263 g/mol. The highest BCUT2D eigenvalue weighted by atomic mass is 79.9. The second-order valence-corrected chi connectivity index (χ2v) is 4.07. The van der Waals surface area contributed by atoms with Crippen LogP contribution in [0.15, 0.2) is 16.6 Å². The predicted molar refractivity (Wildman–Crippen MR) is 58.4 cm³/mol. The first-order valence-electron chi connectivity index (χ1n) is 3.96. The number of rotatable bonds is 3. The van der Waals surface area contributed by atoms with Gasteiger partial charge >= 0.3 is 0 Å². The molecule has 72 valence electrons. The number of hydrogen-bond acceptors (Lipinski definition) is 2. The molecule has 0 spiro atoms. The number of nitrogens with one attached hydrogen (secondary N) is 1. The largest absolute Gasteiger partial charge is 0.506 e. The lowest BCUT2D eigenvalue weighted by molar-refractivity contribution is 0.467. The molecule has 13 heavy (non-hydrogen) atoms. The van der Waals surface area contributed by atoms with E-state index in [4.69, 9.17) is 11.6 Å². The van der Waals surface area contributed by atoms with E-state index in [1.54, 1.807) is 6.07 Å². The molecular weight excluding hydrogens is 253 g/mol. The summed E-state index contributed by atoms with van der Waals surface area (Å²) in [6.07, 6.45) is 0.765. The SMILES string of the molecule is CNCCc1cc(Br)cc(Cl)c1O. The molecule has 2 N–H and O–H groups in total. The number of halogens is 2. The molecule has 0 saturated heterocycles. The summed E-state index contributed by atoms with van der Waals surface area (Å²) in [6, 6.07) is 3.55. The first-order chi connectivity index (χ1) is 6.15. The fourth-order valence-corrected chi connectivity index (χ4v) is 1.95. The summed E-state index contributed by atoms with van der Waals surface area (Å²) in [5, 5.41) is 13.0. The molecule has 0 bridgehead atoms. The highest BCUT2D eigenvalue weighted by Gasteiger charge is 2.06. The van der Waals surface area contributed by atoms with Gasteiger partial charge in [-0.05, 0) is 37.7 Å². The molecule has 4 heteroatoms. The molecule has 0 radical (unpaired) electrons. The van der Waals surface area contributed by atoms with Crippen LogP contribution in [0.2, 0.25) is 5.02 Å². The molecule has 0 aromatic heterocycles. The Hall–Kier alpha value is -0.250. The molecule has 0 fully saturated rings. The fraction of sp³-hybridized carbons (Fsp3) is 0.333. The molecule has 0 heterocycles. The van der Waals surface area contributed by atoms with Crippen molar-refractivity contribution in [2.24, 2.45) is 0 Å². The van der Waals surface area contributed by atoms with Gasteiger partial charge in [-0.3, -0.25) is 0 Å². The average molecular weight is 265 g/mol. The van der Waals surface area contributed by atoms with E-state index in [0.29, 0.717) is 5.02 Å². The molecule has 0 amide bonds. The zero-order chi connectivity index (χ0) is 9.84. The van der Waals surface area contributed by atoms with Gasteiger partial charge in [0.1, 0.15) is 5.75 Å². The number of aromatic hydroxyl groups is 1. The van der Waals surface area contributed by atoms with Gasteiger partial charge in [-0.15, -0.1) is 0 Å². The lowest BCUT2D eigenvalue weighted by Gasteiger charge is -2.06. The topological polar surface area (TPSA) is 32.3 Å². The van der Waals surface area contributed by atoms with Gasteiger partial charge < -0.3 is 10.4 Å². The number of phenols is 1. The van der Waals surface area contributed by atoms with Gasteiger partial charge in [0.25, 0.3) is 0 Å². The van der Waals surface area contributed by atoms with E-state index in [2.05, 4.69) is 21.2 Å². The minimum atomic E-state index is 0.181. The third-order valence-electron chi connectivity index (χ3n) is 1.75. The van der Waals surface area contributed by atoms with Crippen LogP contribution in [0.5, 0.6) is 5.75 Å². The molecule has 0 aliphatic rings. The van der Waals surface area contributed by atoms with Gasteiger partial charge in [-0.1, -0.05) is 27.5 Å². The highest BCUT2D eigenvalue weighted by Crippen LogP contribution is 2.31. The number of hydrogen-bond donors (Lipinski definition) is 2. The molecule has 1 aromatic carbocycles. The Labute approximate surface area is 91.0 Å². The van der Waals surface area contributed by atoms with Crippen molar-refractivity contribution in [3.63, 3.8) is 0 Å². The quantitative estimate of drug-likeness (QED) is 0.879. The lowest BCUT2D eigenvalue weighted by atomic mass is 10.1. The van der Waals surface area contributed by atoms with Gasteiger partial charge in [0, 0.05) is 4.47 Å². The Bertz CT molecular complexity index is 304. The summed E-state index contributed by atoms with van der Waals surface area (Å²) in [5.41, 5.74) is 0.855. The molecule has 0 unspecified atom stereocenters. The van der Waals surface area contributed by atoms with Crippen molar-refractivity contribution >= 4 is 27.5 Å². The summed E-state index contributed by atoms with van der Waals surface area (Å²) in [5.74, 6) is 0.181. The third kappa shape index (κ3) is 2.86. The Balaban J connectivity index is 2.92. The number of benzene rings is 1. The van der Waals surface area contributed by atoms with Crippen LogP contribution in [0.1, 0.15) is 5.56 Å². The summed E-state index contributed by atoms with van der Waals surface area (Å²) < 4.78 is 0.890. The van der Waals surface area contributed by atoms with Crippen molar-refractivity contribution < 1.29 is 5.11 Å². The minimum absolute atomic E-state index is 0.181. The van der Waals surface area contributed by atoms with Crippen molar-refractivity contribution in [1.82, 2.24) is 5.32 Å². The fourth-order valence-electron chi connectivity index (χ4n) is 1.07. The van der Waals surface area contributed by atoms with E-state index in [1.807, 2.05) is 13.1 Å². The maximum absolute atomic E-state index is 9.57. The molecular formula is C9H11BrClNO. The van der Waals surface area contributed by atoms with Crippen LogP contribution in [0.25, 0.3) is 0 Å². The van der Waals surface area contributed by atoms with E-state index in [-0.39, 0.29) is 5.75 Å². The normalized spacial score (nSPS) is 10.4. The van der Waals surface area contributed by atoms with E-state index in [1.165, 1.54) is 0 Å². The number of likely N-dealkylation sites (N-methyl/N-ethyl adjacent to an activating group) is 1. The van der Waals surface area contributed by atoms with E-state index in [0.717, 1.165) is 23.0 Å². The van der Waals surface area contributed by atoms with E-state index in [9.17, 15) is 5.11 Å². The van der Waals surface area contributed by atoms with Gasteiger partial charge in [0.2, 0.25) is 0 Å². The molecule has 0 atom stereocenters. The van der Waals surface area contributed by atoms with Gasteiger partial charge in [0.15, 0.2) is 0 Å². The maximum atomic E-state index is 9.57. The molecule has 1 aromatic rings. The van der Waals surface area contributed by atoms with Crippen LogP contribution in [-0.4, -0.2) is 18.7 Å². The van der Waals surface area contributed by atoms with Crippen molar-refractivity contribution in [1.29, 1.82) is 0 Å². The van der Waals surface area contributed by atoms with Crippen LogP contribution >= 0.6 is 27.5 Å². The molecule has 0 aliphatic heterocycles. The van der Waals surface area contributed by atoms with Crippen LogP contribution in [0.4, 0.5) is 0 Å². The molecule has 0 saturated carbocycles. The Morgan fingerprint density at radius 2 is 2.23 bits per heavy atom. The van der Waals surface area contributed by atoms with Crippen LogP contribution in [0.3, 0.4) is 0 Å². The predicted octanol–water partition coefficient (Wildman–Crippen LogP) is 2.57. The van der Waals surface area contributed by atoms with Crippen LogP contribution in [-0.2, 0) is 6.42 Å². The molecule has 0 aliphatic carbocycles. The van der Waals surface area contributed by atoms with Gasteiger partial charge in [0.05, 0.1) is 5.02 Å². The van der Waals surface area contributed by atoms with E-state index >= 15 is 0 Å². The maximum Gasteiger partial charge on any atom is 0.137 e. The van der Waals surface area contributed by atoms with Gasteiger partial charge in [-0.25, -0.2) is 0 Å². The second kappa shape index (κ2) is 4.84. The van der Waals surface area contributed by atoms with Crippen molar-refractivity contribution in [2.75, 3.05) is 13.6 Å².